The van der Waals surface area contributed by atoms with E-state index < -0.39 is 0 Å². The molecular weight excluding hydrogens is 322 g/mol. The van der Waals surface area contributed by atoms with E-state index in [1.54, 1.807) is 38.2 Å². The molecule has 0 fully saturated rings. The molecule has 0 amide bonds. The molecule has 0 aliphatic rings. The molecule has 25 heavy (non-hydrogen) atoms. The van der Waals surface area contributed by atoms with Crippen molar-refractivity contribution in [2.45, 2.75) is 33.2 Å². The lowest BCUT2D eigenvalue weighted by Crippen LogP contribution is -2.27. The van der Waals surface area contributed by atoms with Gasteiger partial charge >= 0.3 is 12.0 Å². The molecular formula is C17H23N5O3. The number of hydrogen-bond donors (Lipinski definition) is 2. The minimum atomic E-state index is -0.372. The van der Waals surface area contributed by atoms with Crippen LogP contribution in [0.15, 0.2) is 24.3 Å². The second-order valence-corrected chi connectivity index (χ2v) is 6.24. The molecule has 1 aromatic heterocycles. The van der Waals surface area contributed by atoms with Crippen molar-refractivity contribution in [3.63, 3.8) is 0 Å². The number of nitrogens with one attached hydrogen (secondary N) is 2. The number of carbonyl (C=O) groups is 1. The smallest absolute Gasteiger partial charge is 0.338 e. The van der Waals surface area contributed by atoms with Gasteiger partial charge in [-0.15, -0.1) is 0 Å². The van der Waals surface area contributed by atoms with Crippen LogP contribution in [0.4, 0.5) is 11.9 Å². The molecule has 1 heterocycles. The van der Waals surface area contributed by atoms with Crippen molar-refractivity contribution in [2.24, 2.45) is 0 Å². The van der Waals surface area contributed by atoms with Crippen molar-refractivity contribution in [1.29, 1.82) is 0 Å². The summed E-state index contributed by atoms with van der Waals surface area (Å²) in [4.78, 5) is 24.4. The Morgan fingerprint density at radius 2 is 1.72 bits per heavy atom. The van der Waals surface area contributed by atoms with Gasteiger partial charge in [0, 0.05) is 12.6 Å². The third-order valence-electron chi connectivity index (χ3n) is 2.90. The fraction of sp³-hybridized carbons (Fsp3) is 0.412. The number of anilines is 2. The monoisotopic (exact) mass is 345 g/mol. The molecule has 134 valence electrons. The number of ether oxygens (including phenoxy) is 2. The van der Waals surface area contributed by atoms with E-state index in [1.165, 1.54) is 0 Å². The van der Waals surface area contributed by atoms with Gasteiger partial charge in [0.25, 0.3) is 0 Å². The Kier molecular flexibility index (Phi) is 5.74. The van der Waals surface area contributed by atoms with Gasteiger partial charge in [-0.2, -0.15) is 15.0 Å². The van der Waals surface area contributed by atoms with Crippen LogP contribution < -0.4 is 15.4 Å². The van der Waals surface area contributed by atoms with E-state index >= 15 is 0 Å². The first-order valence-electron chi connectivity index (χ1n) is 7.98. The Morgan fingerprint density at radius 1 is 1.08 bits per heavy atom. The first-order chi connectivity index (χ1) is 11.8. The molecule has 2 rings (SSSR count). The van der Waals surface area contributed by atoms with Gasteiger partial charge in [0.1, 0.15) is 5.75 Å². The second kappa shape index (κ2) is 7.78. The highest BCUT2D eigenvalue weighted by Gasteiger charge is 2.15. The zero-order chi connectivity index (χ0) is 18.4. The highest BCUT2D eigenvalue weighted by Crippen LogP contribution is 2.21. The van der Waals surface area contributed by atoms with E-state index in [-0.39, 0.29) is 17.5 Å². The van der Waals surface area contributed by atoms with Crippen molar-refractivity contribution in [1.82, 2.24) is 15.0 Å². The molecule has 0 spiro atoms. The molecule has 0 radical (unpaired) electrons. The third-order valence-corrected chi connectivity index (χ3v) is 2.90. The minimum absolute atomic E-state index is 0.148. The van der Waals surface area contributed by atoms with Crippen molar-refractivity contribution in [2.75, 3.05) is 24.3 Å². The molecule has 1 aromatic carbocycles. The predicted octanol–water partition coefficient (Wildman–Crippen LogP) is 3.09. The SMILES string of the molecule is CCOC(=O)c1ccc(Oc2nc(NC)nc(NC(C)(C)C)n2)cc1. The summed E-state index contributed by atoms with van der Waals surface area (Å²) in [5.74, 6) is 0.927. The summed E-state index contributed by atoms with van der Waals surface area (Å²) < 4.78 is 10.6. The normalized spacial score (nSPS) is 10.9. The molecule has 0 atom stereocenters. The Labute approximate surface area is 147 Å². The van der Waals surface area contributed by atoms with E-state index in [0.29, 0.717) is 29.8 Å². The fourth-order valence-electron chi connectivity index (χ4n) is 1.88. The highest BCUT2D eigenvalue weighted by atomic mass is 16.5. The van der Waals surface area contributed by atoms with Gasteiger partial charge in [0.2, 0.25) is 11.9 Å². The van der Waals surface area contributed by atoms with E-state index in [2.05, 4.69) is 25.6 Å². The lowest BCUT2D eigenvalue weighted by Gasteiger charge is -2.20. The zero-order valence-corrected chi connectivity index (χ0v) is 15.1. The van der Waals surface area contributed by atoms with Crippen LogP contribution in [0.1, 0.15) is 38.1 Å². The summed E-state index contributed by atoms with van der Waals surface area (Å²) in [6.07, 6.45) is 0. The lowest BCUT2D eigenvalue weighted by atomic mass is 10.1. The van der Waals surface area contributed by atoms with Gasteiger partial charge in [-0.3, -0.25) is 0 Å². The van der Waals surface area contributed by atoms with Gasteiger partial charge in [0.05, 0.1) is 12.2 Å². The first-order valence-corrected chi connectivity index (χ1v) is 7.98. The second-order valence-electron chi connectivity index (χ2n) is 6.24. The summed E-state index contributed by atoms with van der Waals surface area (Å²) in [6, 6.07) is 6.72. The molecule has 8 nitrogen and oxygen atoms in total. The van der Waals surface area contributed by atoms with Crippen LogP contribution in [0.3, 0.4) is 0 Å². The standard InChI is InChI=1S/C17H23N5O3/c1-6-24-13(23)11-7-9-12(10-8-11)25-16-20-14(18-5)19-15(21-16)22-17(2,3)4/h7-10H,6H2,1-5H3,(H2,18,19,20,21,22). The van der Waals surface area contributed by atoms with Gasteiger partial charge in [0.15, 0.2) is 0 Å². The predicted molar refractivity (Wildman–Crippen MR) is 95.2 cm³/mol. The van der Waals surface area contributed by atoms with Crippen molar-refractivity contribution in [3.8, 4) is 11.8 Å². The molecule has 0 unspecified atom stereocenters. The Balaban J connectivity index is 2.18. The van der Waals surface area contributed by atoms with Crippen LogP contribution in [0, 0.1) is 0 Å². The summed E-state index contributed by atoms with van der Waals surface area (Å²) in [7, 11) is 1.72. The number of benzene rings is 1. The van der Waals surface area contributed by atoms with Crippen molar-refractivity contribution >= 4 is 17.9 Å². The van der Waals surface area contributed by atoms with E-state index in [4.69, 9.17) is 9.47 Å². The molecule has 0 saturated heterocycles. The number of carbonyl (C=O) groups excluding carboxylic acids is 1. The largest absolute Gasteiger partial charge is 0.462 e. The number of aromatic nitrogens is 3. The van der Waals surface area contributed by atoms with Gasteiger partial charge < -0.3 is 20.1 Å². The molecule has 2 N–H and O–H groups in total. The maximum atomic E-state index is 11.7. The average Bonchev–Trinajstić information content (AvgIpc) is 2.54. The topological polar surface area (TPSA) is 98.3 Å². The molecule has 0 saturated carbocycles. The summed E-state index contributed by atoms with van der Waals surface area (Å²) in [5, 5.41) is 6.05. The Hall–Kier alpha value is -2.90. The van der Waals surface area contributed by atoms with Crippen LogP contribution in [-0.4, -0.2) is 40.1 Å². The molecule has 0 aliphatic heterocycles. The number of rotatable bonds is 6. The van der Waals surface area contributed by atoms with Crippen LogP contribution in [0.25, 0.3) is 0 Å². The maximum absolute atomic E-state index is 11.7. The summed E-state index contributed by atoms with van der Waals surface area (Å²) in [5.41, 5.74) is 0.251. The van der Waals surface area contributed by atoms with Gasteiger partial charge in [-0.05, 0) is 52.0 Å². The maximum Gasteiger partial charge on any atom is 0.338 e. The third kappa shape index (κ3) is 5.59. The van der Waals surface area contributed by atoms with Crippen molar-refractivity contribution in [3.05, 3.63) is 29.8 Å². The van der Waals surface area contributed by atoms with Gasteiger partial charge in [-0.1, -0.05) is 0 Å². The number of esters is 1. The summed E-state index contributed by atoms with van der Waals surface area (Å²) in [6.45, 7) is 8.11. The van der Waals surface area contributed by atoms with Crippen LogP contribution in [0.5, 0.6) is 11.8 Å². The number of nitrogens with zero attached hydrogens (tertiary/aromatic N) is 3. The van der Waals surface area contributed by atoms with Crippen LogP contribution in [0.2, 0.25) is 0 Å². The average molecular weight is 345 g/mol. The van der Waals surface area contributed by atoms with Crippen LogP contribution >= 0.6 is 0 Å². The molecule has 0 aliphatic carbocycles. The first kappa shape index (κ1) is 18.4. The molecule has 8 heteroatoms. The Morgan fingerprint density at radius 3 is 2.28 bits per heavy atom. The van der Waals surface area contributed by atoms with Crippen LogP contribution in [-0.2, 0) is 4.74 Å². The van der Waals surface area contributed by atoms with Gasteiger partial charge in [-0.25, -0.2) is 4.79 Å². The van der Waals surface area contributed by atoms with E-state index in [9.17, 15) is 4.79 Å². The van der Waals surface area contributed by atoms with Crippen molar-refractivity contribution < 1.29 is 14.3 Å². The molecule has 2 aromatic rings. The zero-order valence-electron chi connectivity index (χ0n) is 15.1. The molecule has 0 bridgehead atoms. The fourth-order valence-corrected chi connectivity index (χ4v) is 1.88. The van der Waals surface area contributed by atoms with E-state index in [0.717, 1.165) is 0 Å². The minimum Gasteiger partial charge on any atom is -0.462 e. The Bertz CT molecular complexity index is 726. The number of hydrogen-bond acceptors (Lipinski definition) is 8. The highest BCUT2D eigenvalue weighted by molar-refractivity contribution is 5.89. The summed E-state index contributed by atoms with van der Waals surface area (Å²) >= 11 is 0. The lowest BCUT2D eigenvalue weighted by molar-refractivity contribution is 0.0526. The quantitative estimate of drug-likeness (QED) is 0.771. The van der Waals surface area contributed by atoms with E-state index in [1.807, 2.05) is 20.8 Å².